The third kappa shape index (κ3) is 4.21. The van der Waals surface area contributed by atoms with Gasteiger partial charge in [-0.3, -0.25) is 9.59 Å². The number of carbonyl (C=O) groups excluding carboxylic acids is 2. The summed E-state index contributed by atoms with van der Waals surface area (Å²) >= 11 is 0. The van der Waals surface area contributed by atoms with Crippen molar-refractivity contribution in [2.24, 2.45) is 0 Å². The van der Waals surface area contributed by atoms with Crippen LogP contribution in [0.5, 0.6) is 11.5 Å². The topological polar surface area (TPSA) is 83.8 Å². The first-order chi connectivity index (χ1) is 12.6. The van der Waals surface area contributed by atoms with Crippen molar-refractivity contribution in [3.8, 4) is 11.5 Å². The molecule has 1 unspecified atom stereocenters. The molecule has 0 saturated carbocycles. The molecule has 2 aromatic carbocycles. The molecular formula is C19H17F3O5. The van der Waals surface area contributed by atoms with Crippen LogP contribution in [0.1, 0.15) is 46.3 Å². The molecule has 0 saturated heterocycles. The highest BCUT2D eigenvalue weighted by molar-refractivity contribution is 6.12. The standard InChI is InChI=1S/C19H17F3O5/c1-3-13(18(26)27-2)14-8-12(23)9-15(24)16(14)17(25)10-4-6-11(7-5-10)19(20,21)22/h4-9,13,23-24H,3H2,1-2H3. The zero-order chi connectivity index (χ0) is 20.4. The number of methoxy groups -OCH3 is 1. The third-order valence-corrected chi connectivity index (χ3v) is 4.10. The first kappa shape index (κ1) is 20.3. The third-order valence-electron chi connectivity index (χ3n) is 4.10. The molecule has 0 amide bonds. The second-order valence-corrected chi connectivity index (χ2v) is 5.82. The number of phenols is 2. The number of esters is 1. The van der Waals surface area contributed by atoms with Gasteiger partial charge in [-0.1, -0.05) is 19.1 Å². The van der Waals surface area contributed by atoms with Crippen molar-refractivity contribution in [2.75, 3.05) is 7.11 Å². The lowest BCUT2D eigenvalue weighted by molar-refractivity contribution is -0.142. The molecule has 0 aliphatic rings. The van der Waals surface area contributed by atoms with Crippen molar-refractivity contribution in [1.29, 1.82) is 0 Å². The highest BCUT2D eigenvalue weighted by atomic mass is 19.4. The maximum atomic E-state index is 12.8. The minimum atomic E-state index is -4.55. The van der Waals surface area contributed by atoms with Crippen LogP contribution in [0.3, 0.4) is 0 Å². The lowest BCUT2D eigenvalue weighted by atomic mass is 9.87. The van der Waals surface area contributed by atoms with Crippen LogP contribution in [-0.4, -0.2) is 29.1 Å². The molecule has 1 atom stereocenters. The molecule has 2 rings (SSSR count). The second kappa shape index (κ2) is 7.69. The fourth-order valence-corrected chi connectivity index (χ4v) is 2.77. The highest BCUT2D eigenvalue weighted by Crippen LogP contribution is 2.36. The van der Waals surface area contributed by atoms with Crippen LogP contribution in [-0.2, 0) is 15.7 Å². The van der Waals surface area contributed by atoms with Crippen molar-refractivity contribution in [1.82, 2.24) is 0 Å². The van der Waals surface area contributed by atoms with Gasteiger partial charge in [0.05, 0.1) is 24.2 Å². The summed E-state index contributed by atoms with van der Waals surface area (Å²) in [5.74, 6) is -3.35. The Morgan fingerprint density at radius 1 is 1.11 bits per heavy atom. The summed E-state index contributed by atoms with van der Waals surface area (Å²) in [6.45, 7) is 1.65. The summed E-state index contributed by atoms with van der Waals surface area (Å²) in [6.07, 6.45) is -4.34. The van der Waals surface area contributed by atoms with Crippen LogP contribution < -0.4 is 0 Å². The van der Waals surface area contributed by atoms with Crippen molar-refractivity contribution < 1.29 is 37.7 Å². The molecule has 0 fully saturated rings. The van der Waals surface area contributed by atoms with E-state index in [1.54, 1.807) is 6.92 Å². The number of ether oxygens (including phenoxy) is 1. The molecule has 0 aliphatic carbocycles. The fourth-order valence-electron chi connectivity index (χ4n) is 2.77. The van der Waals surface area contributed by atoms with Crippen LogP contribution in [0.25, 0.3) is 0 Å². The number of carbonyl (C=O) groups is 2. The SMILES string of the molecule is CCC(C(=O)OC)c1cc(O)cc(O)c1C(=O)c1ccc(C(F)(F)F)cc1. The quantitative estimate of drug-likeness (QED) is 0.603. The number of aromatic hydroxyl groups is 2. The molecule has 0 aliphatic heterocycles. The maximum Gasteiger partial charge on any atom is 0.416 e. The number of alkyl halides is 3. The Labute approximate surface area is 153 Å². The lowest BCUT2D eigenvalue weighted by Crippen LogP contribution is -2.17. The largest absolute Gasteiger partial charge is 0.508 e. The van der Waals surface area contributed by atoms with Gasteiger partial charge in [0.25, 0.3) is 0 Å². The van der Waals surface area contributed by atoms with Gasteiger partial charge in [-0.15, -0.1) is 0 Å². The zero-order valence-electron chi connectivity index (χ0n) is 14.5. The Hall–Kier alpha value is -3.03. The van der Waals surface area contributed by atoms with E-state index >= 15 is 0 Å². The van der Waals surface area contributed by atoms with Crippen molar-refractivity contribution in [2.45, 2.75) is 25.4 Å². The van der Waals surface area contributed by atoms with E-state index in [-0.39, 0.29) is 28.9 Å². The van der Waals surface area contributed by atoms with E-state index in [0.717, 1.165) is 43.5 Å². The molecule has 0 radical (unpaired) electrons. The number of phenolic OH excluding ortho intramolecular Hbond substituents is 2. The van der Waals surface area contributed by atoms with Crippen molar-refractivity contribution >= 4 is 11.8 Å². The Balaban J connectivity index is 2.57. The lowest BCUT2D eigenvalue weighted by Gasteiger charge is -2.18. The number of halogens is 3. The van der Waals surface area contributed by atoms with Crippen molar-refractivity contribution in [3.05, 3.63) is 58.7 Å². The first-order valence-corrected chi connectivity index (χ1v) is 7.95. The number of hydrogen-bond donors (Lipinski definition) is 2. The first-order valence-electron chi connectivity index (χ1n) is 7.95. The van der Waals surface area contributed by atoms with Gasteiger partial charge in [-0.2, -0.15) is 13.2 Å². The van der Waals surface area contributed by atoms with E-state index in [1.165, 1.54) is 0 Å². The summed E-state index contributed by atoms with van der Waals surface area (Å²) in [5, 5.41) is 19.9. The molecule has 27 heavy (non-hydrogen) atoms. The van der Waals surface area contributed by atoms with E-state index in [9.17, 15) is 33.0 Å². The minimum Gasteiger partial charge on any atom is -0.508 e. The fraction of sp³-hybridized carbons (Fsp3) is 0.263. The average Bonchev–Trinajstić information content (AvgIpc) is 2.60. The Morgan fingerprint density at radius 2 is 1.70 bits per heavy atom. The van der Waals surface area contributed by atoms with Crippen LogP contribution in [0, 0.1) is 0 Å². The average molecular weight is 382 g/mol. The molecule has 2 aromatic rings. The highest BCUT2D eigenvalue weighted by Gasteiger charge is 2.31. The van der Waals surface area contributed by atoms with Gasteiger partial charge >= 0.3 is 12.1 Å². The molecule has 8 heteroatoms. The van der Waals surface area contributed by atoms with Gasteiger partial charge in [0, 0.05) is 11.6 Å². The molecule has 5 nitrogen and oxygen atoms in total. The number of rotatable bonds is 5. The Kier molecular flexibility index (Phi) is 5.78. The Bertz CT molecular complexity index is 857. The van der Waals surface area contributed by atoms with E-state index < -0.39 is 35.2 Å². The van der Waals surface area contributed by atoms with Crippen LogP contribution >= 0.6 is 0 Å². The predicted molar refractivity (Wildman–Crippen MR) is 89.7 cm³/mol. The number of benzene rings is 2. The van der Waals surface area contributed by atoms with Crippen LogP contribution in [0.4, 0.5) is 13.2 Å². The van der Waals surface area contributed by atoms with Gasteiger partial charge in [-0.05, 0) is 30.2 Å². The van der Waals surface area contributed by atoms with E-state index in [4.69, 9.17) is 4.74 Å². The molecule has 144 valence electrons. The van der Waals surface area contributed by atoms with E-state index in [0.29, 0.717) is 0 Å². The van der Waals surface area contributed by atoms with E-state index in [2.05, 4.69) is 0 Å². The molecule has 0 spiro atoms. The van der Waals surface area contributed by atoms with Gasteiger partial charge in [0.2, 0.25) is 0 Å². The van der Waals surface area contributed by atoms with Crippen LogP contribution in [0.15, 0.2) is 36.4 Å². The molecular weight excluding hydrogens is 365 g/mol. The maximum absolute atomic E-state index is 12.8. The number of hydrogen-bond acceptors (Lipinski definition) is 5. The second-order valence-electron chi connectivity index (χ2n) is 5.82. The minimum absolute atomic E-state index is 0.0340. The molecule has 2 N–H and O–H groups in total. The van der Waals surface area contributed by atoms with Crippen LogP contribution in [0.2, 0.25) is 0 Å². The van der Waals surface area contributed by atoms with Gasteiger partial charge in [0.1, 0.15) is 11.5 Å². The Morgan fingerprint density at radius 3 is 2.19 bits per heavy atom. The molecule has 0 aromatic heterocycles. The molecule has 0 bridgehead atoms. The predicted octanol–water partition coefficient (Wildman–Crippen LogP) is 4.01. The summed E-state index contributed by atoms with van der Waals surface area (Å²) in [6, 6.07) is 5.55. The normalized spacial score (nSPS) is 12.5. The van der Waals surface area contributed by atoms with Crippen molar-refractivity contribution in [3.63, 3.8) is 0 Å². The summed E-state index contributed by atoms with van der Waals surface area (Å²) in [5.41, 5.74) is -1.27. The summed E-state index contributed by atoms with van der Waals surface area (Å²) < 4.78 is 42.8. The molecule has 0 heterocycles. The smallest absolute Gasteiger partial charge is 0.416 e. The van der Waals surface area contributed by atoms with Gasteiger partial charge in [0.15, 0.2) is 5.78 Å². The zero-order valence-corrected chi connectivity index (χ0v) is 14.5. The number of ketones is 1. The van der Waals surface area contributed by atoms with E-state index in [1.807, 2.05) is 0 Å². The van der Waals surface area contributed by atoms with Gasteiger partial charge < -0.3 is 14.9 Å². The monoisotopic (exact) mass is 382 g/mol. The summed E-state index contributed by atoms with van der Waals surface area (Å²) in [4.78, 5) is 24.8. The van der Waals surface area contributed by atoms with Gasteiger partial charge in [-0.25, -0.2) is 0 Å². The summed E-state index contributed by atoms with van der Waals surface area (Å²) in [7, 11) is 1.16.